The number of carbonyl (C=O) groups is 1. The van der Waals surface area contributed by atoms with Gasteiger partial charge in [0.2, 0.25) is 5.76 Å². The first kappa shape index (κ1) is 23.6. The van der Waals surface area contributed by atoms with Crippen LogP contribution in [-0.4, -0.2) is 24.1 Å². The third-order valence-electron chi connectivity index (χ3n) is 6.33. The van der Waals surface area contributed by atoms with Crippen LogP contribution in [0.2, 0.25) is 0 Å². The minimum absolute atomic E-state index is 0.0370. The van der Waals surface area contributed by atoms with Gasteiger partial charge in [-0.25, -0.2) is 4.98 Å². The molecule has 4 aromatic rings. The standard InChI is InChI=1S/C29H28N2O5/c1-4-6-16-35-22-14-13-19(17-23(22)34-5-2)25-24-26(32)20-11-7-8-12-21(20)36-27(24)29(33)31(25)28-18(3)10-9-15-30-28/h7-15,17,25H,4-6,16H2,1-3H3. The van der Waals surface area contributed by atoms with Crippen molar-refractivity contribution in [3.05, 3.63) is 93.5 Å². The first-order valence-corrected chi connectivity index (χ1v) is 12.3. The van der Waals surface area contributed by atoms with Crippen LogP contribution in [0.1, 0.15) is 60.0 Å². The lowest BCUT2D eigenvalue weighted by Crippen LogP contribution is -2.31. The molecule has 0 saturated heterocycles. The number of anilines is 1. The number of nitrogens with zero attached hydrogens (tertiary/aromatic N) is 2. The summed E-state index contributed by atoms with van der Waals surface area (Å²) in [5.41, 5.74) is 1.96. The number of unbranched alkanes of at least 4 members (excludes halogenated alkanes) is 1. The molecule has 1 unspecified atom stereocenters. The Bertz CT molecular complexity index is 1490. The number of ether oxygens (including phenoxy) is 2. The Morgan fingerprint density at radius 2 is 1.83 bits per heavy atom. The van der Waals surface area contributed by atoms with Crippen LogP contribution in [0.4, 0.5) is 5.82 Å². The third-order valence-corrected chi connectivity index (χ3v) is 6.33. The topological polar surface area (TPSA) is 81.9 Å². The van der Waals surface area contributed by atoms with Gasteiger partial charge in [0.1, 0.15) is 11.4 Å². The van der Waals surface area contributed by atoms with E-state index in [0.717, 1.165) is 18.4 Å². The zero-order valence-electron chi connectivity index (χ0n) is 20.6. The zero-order chi connectivity index (χ0) is 25.2. The largest absolute Gasteiger partial charge is 0.490 e. The van der Waals surface area contributed by atoms with E-state index < -0.39 is 11.9 Å². The van der Waals surface area contributed by atoms with E-state index in [9.17, 15) is 9.59 Å². The van der Waals surface area contributed by atoms with E-state index in [1.807, 2.05) is 44.2 Å². The number of para-hydroxylation sites is 1. The summed E-state index contributed by atoms with van der Waals surface area (Å²) in [7, 11) is 0. The number of aromatic nitrogens is 1. The van der Waals surface area contributed by atoms with E-state index >= 15 is 0 Å². The summed E-state index contributed by atoms with van der Waals surface area (Å²) < 4.78 is 17.9. The number of fused-ring (bicyclic) bond motifs is 2. The molecule has 1 aliphatic rings. The minimum Gasteiger partial charge on any atom is -0.490 e. The molecule has 184 valence electrons. The average molecular weight is 485 g/mol. The van der Waals surface area contributed by atoms with Gasteiger partial charge < -0.3 is 13.9 Å². The van der Waals surface area contributed by atoms with E-state index in [2.05, 4.69) is 11.9 Å². The third kappa shape index (κ3) is 4.00. The molecule has 5 rings (SSSR count). The van der Waals surface area contributed by atoms with Crippen molar-refractivity contribution < 1.29 is 18.7 Å². The van der Waals surface area contributed by atoms with Crippen molar-refractivity contribution in [2.24, 2.45) is 0 Å². The molecule has 1 amide bonds. The SMILES string of the molecule is CCCCOc1ccc(C2c3c(oc4ccccc4c3=O)C(=O)N2c2ncccc2C)cc1OCC. The Labute approximate surface area is 209 Å². The summed E-state index contributed by atoms with van der Waals surface area (Å²) in [5.74, 6) is 1.30. The van der Waals surface area contributed by atoms with Crippen LogP contribution in [-0.2, 0) is 0 Å². The lowest BCUT2D eigenvalue weighted by Gasteiger charge is -2.26. The fourth-order valence-corrected chi connectivity index (χ4v) is 4.59. The zero-order valence-corrected chi connectivity index (χ0v) is 20.6. The van der Waals surface area contributed by atoms with Gasteiger partial charge in [-0.3, -0.25) is 14.5 Å². The summed E-state index contributed by atoms with van der Waals surface area (Å²) in [6.07, 6.45) is 3.58. The first-order valence-electron chi connectivity index (χ1n) is 12.3. The maximum absolute atomic E-state index is 13.8. The summed E-state index contributed by atoms with van der Waals surface area (Å²) >= 11 is 0. The molecule has 2 aromatic heterocycles. The second-order valence-electron chi connectivity index (χ2n) is 8.73. The Kier molecular flexibility index (Phi) is 6.46. The summed E-state index contributed by atoms with van der Waals surface area (Å²) in [5, 5.41) is 0.429. The number of hydrogen-bond acceptors (Lipinski definition) is 6. The predicted octanol–water partition coefficient (Wildman–Crippen LogP) is 5.82. The number of benzene rings is 2. The van der Waals surface area contributed by atoms with Crippen LogP contribution in [0, 0.1) is 6.92 Å². The maximum atomic E-state index is 13.8. The number of hydrogen-bond donors (Lipinski definition) is 0. The number of pyridine rings is 1. The van der Waals surface area contributed by atoms with E-state index in [1.54, 1.807) is 35.4 Å². The van der Waals surface area contributed by atoms with E-state index in [4.69, 9.17) is 13.9 Å². The van der Waals surface area contributed by atoms with Gasteiger partial charge in [-0.05, 0) is 61.7 Å². The molecule has 7 nitrogen and oxygen atoms in total. The Hall–Kier alpha value is -4.13. The predicted molar refractivity (Wildman–Crippen MR) is 138 cm³/mol. The molecule has 0 N–H and O–H groups in total. The molecule has 7 heteroatoms. The summed E-state index contributed by atoms with van der Waals surface area (Å²) in [6.45, 7) is 6.92. The Morgan fingerprint density at radius 1 is 1.00 bits per heavy atom. The highest BCUT2D eigenvalue weighted by Crippen LogP contribution is 2.43. The molecular formula is C29H28N2O5. The second-order valence-corrected chi connectivity index (χ2v) is 8.73. The summed E-state index contributed by atoms with van der Waals surface area (Å²) in [6, 6.07) is 15.5. The van der Waals surface area contributed by atoms with Gasteiger partial charge in [-0.2, -0.15) is 0 Å². The van der Waals surface area contributed by atoms with Crippen molar-refractivity contribution in [1.82, 2.24) is 4.98 Å². The van der Waals surface area contributed by atoms with Gasteiger partial charge in [0.05, 0.1) is 30.2 Å². The normalized spacial score (nSPS) is 14.8. The molecule has 1 atom stereocenters. The molecule has 0 fully saturated rings. The van der Waals surface area contributed by atoms with Crippen LogP contribution < -0.4 is 19.8 Å². The Balaban J connectivity index is 1.72. The first-order chi connectivity index (χ1) is 17.5. The highest BCUT2D eigenvalue weighted by atomic mass is 16.5. The number of rotatable bonds is 8. The number of carbonyl (C=O) groups excluding carboxylic acids is 1. The van der Waals surface area contributed by atoms with Crippen molar-refractivity contribution in [1.29, 1.82) is 0 Å². The monoisotopic (exact) mass is 484 g/mol. The van der Waals surface area contributed by atoms with E-state index in [1.165, 1.54) is 0 Å². The van der Waals surface area contributed by atoms with Crippen LogP contribution in [0.15, 0.2) is 70.0 Å². The van der Waals surface area contributed by atoms with Crippen molar-refractivity contribution in [2.75, 3.05) is 18.1 Å². The average Bonchev–Trinajstić information content (AvgIpc) is 3.18. The molecular weight excluding hydrogens is 456 g/mol. The van der Waals surface area contributed by atoms with E-state index in [-0.39, 0.29) is 11.2 Å². The fraction of sp³-hybridized carbons (Fsp3) is 0.276. The van der Waals surface area contributed by atoms with Crippen molar-refractivity contribution in [3.63, 3.8) is 0 Å². The molecule has 0 spiro atoms. The van der Waals surface area contributed by atoms with Gasteiger partial charge >= 0.3 is 0 Å². The van der Waals surface area contributed by atoms with Gasteiger partial charge in [-0.15, -0.1) is 0 Å². The number of amides is 1. The lowest BCUT2D eigenvalue weighted by atomic mass is 9.98. The number of aryl methyl sites for hydroxylation is 1. The molecule has 0 radical (unpaired) electrons. The molecule has 0 saturated carbocycles. The van der Waals surface area contributed by atoms with Gasteiger partial charge in [0, 0.05) is 6.20 Å². The van der Waals surface area contributed by atoms with Gasteiger partial charge in [0.25, 0.3) is 5.91 Å². The molecule has 0 aliphatic carbocycles. The van der Waals surface area contributed by atoms with Crippen LogP contribution in [0.3, 0.4) is 0 Å². The van der Waals surface area contributed by atoms with Gasteiger partial charge in [0.15, 0.2) is 16.9 Å². The lowest BCUT2D eigenvalue weighted by molar-refractivity contribution is 0.0970. The van der Waals surface area contributed by atoms with Crippen molar-refractivity contribution >= 4 is 22.7 Å². The molecule has 3 heterocycles. The van der Waals surface area contributed by atoms with Crippen LogP contribution in [0.25, 0.3) is 11.0 Å². The highest BCUT2D eigenvalue weighted by molar-refractivity contribution is 6.10. The quantitative estimate of drug-likeness (QED) is 0.293. The van der Waals surface area contributed by atoms with Crippen LogP contribution in [0.5, 0.6) is 11.5 Å². The second kappa shape index (κ2) is 9.85. The van der Waals surface area contributed by atoms with Crippen molar-refractivity contribution in [2.45, 2.75) is 39.7 Å². The maximum Gasteiger partial charge on any atom is 0.296 e. The highest BCUT2D eigenvalue weighted by Gasteiger charge is 2.45. The molecule has 0 bridgehead atoms. The van der Waals surface area contributed by atoms with E-state index in [0.29, 0.717) is 52.6 Å². The smallest absolute Gasteiger partial charge is 0.296 e. The molecule has 2 aromatic carbocycles. The van der Waals surface area contributed by atoms with Gasteiger partial charge in [-0.1, -0.05) is 37.6 Å². The Morgan fingerprint density at radius 3 is 2.61 bits per heavy atom. The summed E-state index contributed by atoms with van der Waals surface area (Å²) in [4.78, 5) is 33.6. The fourth-order valence-electron chi connectivity index (χ4n) is 4.59. The van der Waals surface area contributed by atoms with Crippen molar-refractivity contribution in [3.8, 4) is 11.5 Å². The molecule has 1 aliphatic heterocycles. The van der Waals surface area contributed by atoms with Crippen LogP contribution >= 0.6 is 0 Å². The molecule has 36 heavy (non-hydrogen) atoms. The minimum atomic E-state index is -0.731.